The average molecular weight is 459 g/mol. The Morgan fingerprint density at radius 3 is 2.52 bits per heavy atom. The van der Waals surface area contributed by atoms with Crippen LogP contribution in [0.25, 0.3) is 5.69 Å². The molecule has 0 saturated heterocycles. The SMILES string of the molecule is CCOC(=O)COc1ccc(/C=N/n2c(C)nn(-c3ccc(Br)cc3)c2=O)cc1. The molecule has 0 unspecified atom stereocenters. The molecule has 0 N–H and O–H groups in total. The van der Waals surface area contributed by atoms with Crippen LogP contribution in [-0.2, 0) is 9.53 Å². The molecule has 8 nitrogen and oxygen atoms in total. The maximum absolute atomic E-state index is 12.6. The normalized spacial score (nSPS) is 11.0. The van der Waals surface area contributed by atoms with Crippen LogP contribution in [-0.4, -0.2) is 39.9 Å². The fraction of sp³-hybridized carbons (Fsp3) is 0.200. The van der Waals surface area contributed by atoms with E-state index in [1.54, 1.807) is 56.5 Å². The molecule has 0 bridgehead atoms. The first-order valence-electron chi connectivity index (χ1n) is 8.85. The first-order chi connectivity index (χ1) is 14.0. The molecule has 3 rings (SSSR count). The summed E-state index contributed by atoms with van der Waals surface area (Å²) in [6, 6.07) is 14.2. The minimum absolute atomic E-state index is 0.148. The Morgan fingerprint density at radius 1 is 1.17 bits per heavy atom. The van der Waals surface area contributed by atoms with Crippen LogP contribution in [0.3, 0.4) is 0 Å². The molecule has 3 aromatic rings. The van der Waals surface area contributed by atoms with E-state index in [1.807, 2.05) is 12.1 Å². The van der Waals surface area contributed by atoms with Crippen molar-refractivity contribution in [3.05, 3.63) is 74.9 Å². The van der Waals surface area contributed by atoms with Crippen LogP contribution >= 0.6 is 15.9 Å². The molecule has 0 saturated carbocycles. The van der Waals surface area contributed by atoms with E-state index in [9.17, 15) is 9.59 Å². The molecule has 150 valence electrons. The second-order valence-corrected chi connectivity index (χ2v) is 6.85. The summed E-state index contributed by atoms with van der Waals surface area (Å²) in [5.74, 6) is 0.575. The third-order valence-electron chi connectivity index (χ3n) is 3.85. The van der Waals surface area contributed by atoms with Crippen LogP contribution in [0.2, 0.25) is 0 Å². The van der Waals surface area contributed by atoms with Crippen molar-refractivity contribution in [2.75, 3.05) is 13.2 Å². The maximum Gasteiger partial charge on any atom is 0.371 e. The predicted molar refractivity (Wildman–Crippen MR) is 112 cm³/mol. The molecule has 1 aromatic heterocycles. The van der Waals surface area contributed by atoms with Crippen molar-refractivity contribution in [2.45, 2.75) is 13.8 Å². The largest absolute Gasteiger partial charge is 0.482 e. The second kappa shape index (κ2) is 9.33. The number of halogens is 1. The number of nitrogens with zero attached hydrogens (tertiary/aromatic N) is 4. The van der Waals surface area contributed by atoms with Gasteiger partial charge in [-0.05, 0) is 67.9 Å². The summed E-state index contributed by atoms with van der Waals surface area (Å²) in [7, 11) is 0. The first-order valence-corrected chi connectivity index (χ1v) is 9.64. The minimum atomic E-state index is -0.421. The second-order valence-electron chi connectivity index (χ2n) is 5.94. The van der Waals surface area contributed by atoms with E-state index in [4.69, 9.17) is 9.47 Å². The van der Waals surface area contributed by atoms with Crippen molar-refractivity contribution in [1.82, 2.24) is 14.5 Å². The Labute approximate surface area is 175 Å². The van der Waals surface area contributed by atoms with Gasteiger partial charge in [-0.2, -0.15) is 14.5 Å². The number of hydrogen-bond donors (Lipinski definition) is 0. The Morgan fingerprint density at radius 2 is 1.86 bits per heavy atom. The number of rotatable bonds is 7. The van der Waals surface area contributed by atoms with Gasteiger partial charge in [0, 0.05) is 4.47 Å². The first kappa shape index (κ1) is 20.5. The summed E-state index contributed by atoms with van der Waals surface area (Å²) in [6.45, 7) is 3.61. The van der Waals surface area contributed by atoms with Crippen molar-refractivity contribution in [2.24, 2.45) is 5.10 Å². The minimum Gasteiger partial charge on any atom is -0.482 e. The quantitative estimate of drug-likeness (QED) is 0.401. The Kier molecular flexibility index (Phi) is 6.61. The zero-order chi connectivity index (χ0) is 20.8. The average Bonchev–Trinajstić information content (AvgIpc) is 3.00. The number of hydrogen-bond acceptors (Lipinski definition) is 6. The monoisotopic (exact) mass is 458 g/mol. The molecule has 0 aliphatic rings. The van der Waals surface area contributed by atoms with Crippen molar-refractivity contribution in [3.63, 3.8) is 0 Å². The van der Waals surface area contributed by atoms with Crippen molar-refractivity contribution in [3.8, 4) is 11.4 Å². The molecular weight excluding hydrogens is 440 g/mol. The molecule has 29 heavy (non-hydrogen) atoms. The molecular formula is C20H19BrN4O4. The number of aryl methyl sites for hydroxylation is 1. The summed E-state index contributed by atoms with van der Waals surface area (Å²) in [5.41, 5.74) is 1.05. The molecule has 2 aromatic carbocycles. The smallest absolute Gasteiger partial charge is 0.371 e. The van der Waals surface area contributed by atoms with E-state index in [2.05, 4.69) is 26.1 Å². The number of ether oxygens (including phenoxy) is 2. The third-order valence-corrected chi connectivity index (χ3v) is 4.38. The Balaban J connectivity index is 1.72. The highest BCUT2D eigenvalue weighted by atomic mass is 79.9. The van der Waals surface area contributed by atoms with Gasteiger partial charge in [0.1, 0.15) is 5.75 Å². The highest BCUT2D eigenvalue weighted by Gasteiger charge is 2.10. The number of carbonyl (C=O) groups excluding carboxylic acids is 1. The van der Waals surface area contributed by atoms with E-state index in [1.165, 1.54) is 9.36 Å². The Bertz CT molecular complexity index is 1070. The standard InChI is InChI=1S/C20H19BrN4O4/c1-3-28-19(26)13-29-18-10-4-15(5-11-18)12-22-24-14(2)23-25(20(24)27)17-8-6-16(21)7-9-17/h4-12H,3,13H2,1-2H3/b22-12+. The lowest BCUT2D eigenvalue weighted by atomic mass is 10.2. The summed E-state index contributed by atoms with van der Waals surface area (Å²) in [4.78, 5) is 23.9. The van der Waals surface area contributed by atoms with Gasteiger partial charge >= 0.3 is 11.7 Å². The highest BCUT2D eigenvalue weighted by molar-refractivity contribution is 9.10. The zero-order valence-electron chi connectivity index (χ0n) is 15.9. The molecule has 1 heterocycles. The van der Waals surface area contributed by atoms with Crippen LogP contribution in [0.1, 0.15) is 18.3 Å². The fourth-order valence-corrected chi connectivity index (χ4v) is 2.73. The van der Waals surface area contributed by atoms with E-state index in [-0.39, 0.29) is 12.3 Å². The van der Waals surface area contributed by atoms with E-state index >= 15 is 0 Å². The molecule has 0 fully saturated rings. The molecule has 0 aliphatic heterocycles. The zero-order valence-corrected chi connectivity index (χ0v) is 17.5. The van der Waals surface area contributed by atoms with Crippen molar-refractivity contribution >= 4 is 28.1 Å². The summed E-state index contributed by atoms with van der Waals surface area (Å²) < 4.78 is 13.6. The number of carbonyl (C=O) groups is 1. The molecule has 0 radical (unpaired) electrons. The molecule has 0 spiro atoms. The third kappa shape index (κ3) is 5.20. The summed E-state index contributed by atoms with van der Waals surface area (Å²) in [6.07, 6.45) is 1.55. The van der Waals surface area contributed by atoms with Crippen LogP contribution in [0.15, 0.2) is 62.9 Å². The summed E-state index contributed by atoms with van der Waals surface area (Å²) in [5, 5.41) is 8.51. The van der Waals surface area contributed by atoms with Gasteiger partial charge in [-0.25, -0.2) is 9.59 Å². The van der Waals surface area contributed by atoms with E-state index < -0.39 is 5.97 Å². The van der Waals surface area contributed by atoms with Gasteiger partial charge in [0.05, 0.1) is 18.5 Å². The maximum atomic E-state index is 12.6. The van der Waals surface area contributed by atoms with Gasteiger partial charge in [-0.15, -0.1) is 5.10 Å². The van der Waals surface area contributed by atoms with Gasteiger partial charge in [-0.1, -0.05) is 15.9 Å². The van der Waals surface area contributed by atoms with Crippen LogP contribution in [0.5, 0.6) is 5.75 Å². The van der Waals surface area contributed by atoms with Crippen LogP contribution in [0.4, 0.5) is 0 Å². The number of aromatic nitrogens is 3. The Hall–Kier alpha value is -3.20. The number of esters is 1. The molecule has 0 atom stereocenters. The van der Waals surface area contributed by atoms with Crippen molar-refractivity contribution in [1.29, 1.82) is 0 Å². The van der Waals surface area contributed by atoms with Gasteiger partial charge < -0.3 is 9.47 Å². The van der Waals surface area contributed by atoms with Crippen molar-refractivity contribution < 1.29 is 14.3 Å². The van der Waals surface area contributed by atoms with Gasteiger partial charge in [0.25, 0.3) is 0 Å². The van der Waals surface area contributed by atoms with Crippen LogP contribution < -0.4 is 10.4 Å². The highest BCUT2D eigenvalue weighted by Crippen LogP contribution is 2.13. The van der Waals surface area contributed by atoms with Crippen LogP contribution in [0, 0.1) is 6.92 Å². The molecule has 9 heteroatoms. The lowest BCUT2D eigenvalue weighted by Gasteiger charge is -2.05. The molecule has 0 amide bonds. The lowest BCUT2D eigenvalue weighted by Crippen LogP contribution is -2.21. The van der Waals surface area contributed by atoms with Gasteiger partial charge in [0.15, 0.2) is 12.4 Å². The molecule has 0 aliphatic carbocycles. The van der Waals surface area contributed by atoms with Gasteiger partial charge in [-0.3, -0.25) is 0 Å². The van der Waals surface area contributed by atoms with E-state index in [0.29, 0.717) is 23.9 Å². The van der Waals surface area contributed by atoms with E-state index in [0.717, 1.165) is 10.0 Å². The topological polar surface area (TPSA) is 87.7 Å². The predicted octanol–water partition coefficient (Wildman–Crippen LogP) is 2.93. The number of benzene rings is 2. The lowest BCUT2D eigenvalue weighted by molar-refractivity contribution is -0.145. The van der Waals surface area contributed by atoms with Gasteiger partial charge in [0.2, 0.25) is 0 Å². The fourth-order valence-electron chi connectivity index (χ4n) is 2.46. The summed E-state index contributed by atoms with van der Waals surface area (Å²) >= 11 is 3.37.